The van der Waals surface area contributed by atoms with E-state index >= 15 is 0 Å². The van der Waals surface area contributed by atoms with Gasteiger partial charge >= 0.3 is 5.97 Å². The number of hydrogen-bond donors (Lipinski definition) is 0. The lowest BCUT2D eigenvalue weighted by molar-refractivity contribution is -0.129. The van der Waals surface area contributed by atoms with Gasteiger partial charge in [-0.2, -0.15) is 5.26 Å². The number of carbonyl (C=O) groups is 2. The highest BCUT2D eigenvalue weighted by Crippen LogP contribution is 2.43. The zero-order valence-electron chi connectivity index (χ0n) is 17.9. The lowest BCUT2D eigenvalue weighted by Crippen LogP contribution is -2.47. The molecule has 0 aromatic heterocycles. The molecule has 0 radical (unpaired) electrons. The summed E-state index contributed by atoms with van der Waals surface area (Å²) in [5.41, 5.74) is 3.06. The van der Waals surface area contributed by atoms with Crippen LogP contribution >= 0.6 is 23.5 Å². The standard InChI is InChI=1S/C24H23N3O3S2/c1-3-30-24(29)17-4-8-18(9-5-17)26-14-27-22(28)12-20(21(13-25)23(27)32-15-26)16-6-10-19(31-2)11-7-16/h4-11,20H,3,12,14-15H2,1-2H3/t20-/m1/s1. The highest BCUT2D eigenvalue weighted by molar-refractivity contribution is 8.03. The first-order valence-electron chi connectivity index (χ1n) is 10.3. The first-order valence-corrected chi connectivity index (χ1v) is 12.5. The van der Waals surface area contributed by atoms with Crippen LogP contribution < -0.4 is 4.90 Å². The molecule has 8 heteroatoms. The van der Waals surface area contributed by atoms with Crippen LogP contribution in [0.15, 0.2) is 64.0 Å². The fraction of sp³-hybridized carbons (Fsp3) is 0.292. The minimum absolute atomic E-state index is 0.0123. The van der Waals surface area contributed by atoms with Crippen LogP contribution in [0.25, 0.3) is 0 Å². The van der Waals surface area contributed by atoms with E-state index in [1.54, 1.807) is 35.7 Å². The van der Waals surface area contributed by atoms with Crippen molar-refractivity contribution in [1.29, 1.82) is 5.26 Å². The van der Waals surface area contributed by atoms with Gasteiger partial charge in [0.1, 0.15) is 0 Å². The molecule has 0 saturated carbocycles. The second-order valence-corrected chi connectivity index (χ2v) is 9.22. The summed E-state index contributed by atoms with van der Waals surface area (Å²) in [4.78, 5) is 29.9. The van der Waals surface area contributed by atoms with E-state index in [0.717, 1.165) is 21.2 Å². The molecule has 0 aliphatic carbocycles. The van der Waals surface area contributed by atoms with Gasteiger partial charge in [0.15, 0.2) is 0 Å². The molecule has 0 bridgehead atoms. The first kappa shape index (κ1) is 22.3. The molecule has 164 valence electrons. The largest absolute Gasteiger partial charge is 0.462 e. The molecule has 2 aromatic rings. The maximum atomic E-state index is 13.1. The van der Waals surface area contributed by atoms with E-state index in [1.807, 2.05) is 42.7 Å². The maximum absolute atomic E-state index is 13.1. The molecule has 2 heterocycles. The first-order chi connectivity index (χ1) is 15.5. The fourth-order valence-corrected chi connectivity index (χ4v) is 5.45. The molecule has 32 heavy (non-hydrogen) atoms. The molecule has 0 N–H and O–H groups in total. The van der Waals surface area contributed by atoms with Crippen LogP contribution in [0.4, 0.5) is 5.69 Å². The third-order valence-electron chi connectivity index (χ3n) is 5.56. The van der Waals surface area contributed by atoms with Crippen molar-refractivity contribution in [3.05, 3.63) is 70.3 Å². The van der Waals surface area contributed by atoms with Crippen LogP contribution in [0.5, 0.6) is 0 Å². The van der Waals surface area contributed by atoms with E-state index in [9.17, 15) is 14.9 Å². The van der Waals surface area contributed by atoms with Crippen molar-refractivity contribution in [1.82, 2.24) is 4.90 Å². The Balaban J connectivity index is 1.56. The van der Waals surface area contributed by atoms with Crippen molar-refractivity contribution in [2.24, 2.45) is 0 Å². The Kier molecular flexibility index (Phi) is 6.77. The van der Waals surface area contributed by atoms with Crippen molar-refractivity contribution in [2.45, 2.75) is 24.2 Å². The molecule has 0 unspecified atom stereocenters. The summed E-state index contributed by atoms with van der Waals surface area (Å²) in [7, 11) is 0. The molecule has 2 aliphatic rings. The van der Waals surface area contributed by atoms with Crippen LogP contribution in [-0.2, 0) is 9.53 Å². The zero-order valence-corrected chi connectivity index (χ0v) is 19.5. The van der Waals surface area contributed by atoms with Gasteiger partial charge in [0.05, 0.1) is 41.4 Å². The Bertz CT molecular complexity index is 1090. The fourth-order valence-electron chi connectivity index (χ4n) is 3.87. The third kappa shape index (κ3) is 4.36. The summed E-state index contributed by atoms with van der Waals surface area (Å²) >= 11 is 3.17. The van der Waals surface area contributed by atoms with Crippen LogP contribution in [0.2, 0.25) is 0 Å². The van der Waals surface area contributed by atoms with E-state index in [4.69, 9.17) is 4.74 Å². The number of amides is 1. The number of nitriles is 1. The predicted octanol–water partition coefficient (Wildman–Crippen LogP) is 4.80. The summed E-state index contributed by atoms with van der Waals surface area (Å²) in [5, 5.41) is 10.7. The average molecular weight is 466 g/mol. The number of carbonyl (C=O) groups excluding carboxylic acids is 2. The summed E-state index contributed by atoms with van der Waals surface area (Å²) in [6.45, 7) is 2.49. The highest BCUT2D eigenvalue weighted by Gasteiger charge is 2.38. The van der Waals surface area contributed by atoms with Gasteiger partial charge in [0.2, 0.25) is 5.91 Å². The number of hydrogen-bond acceptors (Lipinski definition) is 7. The van der Waals surface area contributed by atoms with Gasteiger partial charge in [-0.3, -0.25) is 9.69 Å². The zero-order chi connectivity index (χ0) is 22.7. The van der Waals surface area contributed by atoms with E-state index in [-0.39, 0.29) is 24.2 Å². The van der Waals surface area contributed by atoms with Crippen LogP contribution in [0.3, 0.4) is 0 Å². The molecule has 2 aromatic carbocycles. The SMILES string of the molecule is CCOC(=O)c1ccc(N2CSC3=C(C#N)[C@@H](c4ccc(SC)cc4)CC(=O)N3C2)cc1. The van der Waals surface area contributed by atoms with Gasteiger partial charge in [0.25, 0.3) is 0 Å². The second kappa shape index (κ2) is 9.72. The van der Waals surface area contributed by atoms with Crippen molar-refractivity contribution in [3.63, 3.8) is 0 Å². The van der Waals surface area contributed by atoms with Crippen molar-refractivity contribution >= 4 is 41.1 Å². The normalized spacial score (nSPS) is 18.3. The van der Waals surface area contributed by atoms with E-state index < -0.39 is 0 Å². The predicted molar refractivity (Wildman–Crippen MR) is 127 cm³/mol. The number of rotatable bonds is 5. The summed E-state index contributed by atoms with van der Waals surface area (Å²) < 4.78 is 5.03. The molecule has 4 rings (SSSR count). The second-order valence-electron chi connectivity index (χ2n) is 7.40. The van der Waals surface area contributed by atoms with Crippen LogP contribution in [-0.4, -0.2) is 42.2 Å². The number of ether oxygens (including phenoxy) is 1. The van der Waals surface area contributed by atoms with Crippen LogP contribution in [0, 0.1) is 11.3 Å². The summed E-state index contributed by atoms with van der Waals surface area (Å²) in [5.74, 6) is 0.0656. The van der Waals surface area contributed by atoms with E-state index in [2.05, 4.69) is 11.0 Å². The molecule has 0 spiro atoms. The maximum Gasteiger partial charge on any atom is 0.338 e. The smallest absolute Gasteiger partial charge is 0.338 e. The quantitative estimate of drug-likeness (QED) is 0.464. The van der Waals surface area contributed by atoms with E-state index in [0.29, 0.717) is 30.3 Å². The number of nitrogens with zero attached hydrogens (tertiary/aromatic N) is 3. The minimum atomic E-state index is -0.348. The number of thioether (sulfide) groups is 2. The highest BCUT2D eigenvalue weighted by atomic mass is 32.2. The van der Waals surface area contributed by atoms with E-state index in [1.165, 1.54) is 11.8 Å². The average Bonchev–Trinajstić information content (AvgIpc) is 2.84. The minimum Gasteiger partial charge on any atom is -0.462 e. The topological polar surface area (TPSA) is 73.6 Å². The Labute approximate surface area is 196 Å². The van der Waals surface area contributed by atoms with Gasteiger partial charge in [-0.25, -0.2) is 4.79 Å². The number of anilines is 1. The monoisotopic (exact) mass is 465 g/mol. The van der Waals surface area contributed by atoms with Gasteiger partial charge < -0.3 is 9.64 Å². The summed E-state index contributed by atoms with van der Waals surface area (Å²) in [6.07, 6.45) is 2.30. The Morgan fingerprint density at radius 1 is 1.22 bits per heavy atom. The molecule has 1 fully saturated rings. The molecule has 1 saturated heterocycles. The van der Waals surface area contributed by atoms with Crippen molar-refractivity contribution in [2.75, 3.05) is 30.3 Å². The van der Waals surface area contributed by atoms with Gasteiger partial charge in [0, 0.05) is 22.9 Å². The van der Waals surface area contributed by atoms with Crippen molar-refractivity contribution in [3.8, 4) is 6.07 Å². The van der Waals surface area contributed by atoms with Gasteiger partial charge in [-0.15, -0.1) is 11.8 Å². The molecule has 1 atom stereocenters. The number of esters is 1. The molecule has 2 aliphatic heterocycles. The molecular formula is C24H23N3O3S2. The van der Waals surface area contributed by atoms with Gasteiger partial charge in [-0.05, 0) is 55.1 Å². The van der Waals surface area contributed by atoms with Crippen LogP contribution in [0.1, 0.15) is 35.2 Å². The lowest BCUT2D eigenvalue weighted by Gasteiger charge is -2.42. The number of benzene rings is 2. The third-order valence-corrected chi connectivity index (χ3v) is 7.45. The Morgan fingerprint density at radius 3 is 2.56 bits per heavy atom. The molecule has 1 amide bonds. The molecular weight excluding hydrogens is 442 g/mol. The number of allylic oxidation sites excluding steroid dienone is 1. The summed E-state index contributed by atoms with van der Waals surface area (Å²) in [6, 6.07) is 17.7. The number of fused-ring (bicyclic) bond motifs is 1. The lowest BCUT2D eigenvalue weighted by atomic mass is 9.86. The Hall–Kier alpha value is -2.89. The Morgan fingerprint density at radius 2 is 1.94 bits per heavy atom. The van der Waals surface area contributed by atoms with Gasteiger partial charge in [-0.1, -0.05) is 23.9 Å². The van der Waals surface area contributed by atoms with Crippen molar-refractivity contribution < 1.29 is 14.3 Å². The molecule has 6 nitrogen and oxygen atoms in total.